The zero-order chi connectivity index (χ0) is 18.5. The van der Waals surface area contributed by atoms with Gasteiger partial charge in [0.2, 0.25) is 5.88 Å². The molecule has 8 heteroatoms. The van der Waals surface area contributed by atoms with Gasteiger partial charge < -0.3 is 19.7 Å². The van der Waals surface area contributed by atoms with Crippen LogP contribution in [0.3, 0.4) is 0 Å². The Kier molecular flexibility index (Phi) is 3.64. The molecule has 1 aromatic carbocycles. The van der Waals surface area contributed by atoms with E-state index in [9.17, 15) is 9.59 Å². The van der Waals surface area contributed by atoms with Crippen molar-refractivity contribution in [3.63, 3.8) is 0 Å². The van der Waals surface area contributed by atoms with Crippen molar-refractivity contribution in [3.8, 4) is 11.6 Å². The number of carbonyl (C=O) groups excluding carboxylic acids is 2. The molecule has 2 amide bonds. The van der Waals surface area contributed by atoms with Crippen LogP contribution in [0.2, 0.25) is 0 Å². The third-order valence-electron chi connectivity index (χ3n) is 4.50. The van der Waals surface area contributed by atoms with Crippen LogP contribution in [0.1, 0.15) is 30.8 Å². The molecule has 1 aromatic heterocycles. The number of carbonyl (C=O) groups is 2. The number of amides is 2. The predicted molar refractivity (Wildman–Crippen MR) is 94.9 cm³/mol. The molecular formula is C18H20N4O4. The topological polar surface area (TPSA) is 85.7 Å². The summed E-state index contributed by atoms with van der Waals surface area (Å²) in [5, 5.41) is 7.09. The van der Waals surface area contributed by atoms with Gasteiger partial charge in [-0.25, -0.2) is 4.68 Å². The molecule has 0 aliphatic carbocycles. The van der Waals surface area contributed by atoms with Crippen LogP contribution in [0.5, 0.6) is 11.6 Å². The van der Waals surface area contributed by atoms with Crippen molar-refractivity contribution in [2.24, 2.45) is 0 Å². The van der Waals surface area contributed by atoms with E-state index in [1.165, 1.54) is 0 Å². The summed E-state index contributed by atoms with van der Waals surface area (Å²) in [7, 11) is 1.71. The second-order valence-electron chi connectivity index (χ2n) is 6.91. The molecule has 26 heavy (non-hydrogen) atoms. The van der Waals surface area contributed by atoms with E-state index in [2.05, 4.69) is 10.4 Å². The number of hydrogen-bond acceptors (Lipinski definition) is 5. The molecule has 1 N–H and O–H groups in total. The van der Waals surface area contributed by atoms with Crippen molar-refractivity contribution >= 4 is 23.2 Å². The molecule has 0 unspecified atom stereocenters. The van der Waals surface area contributed by atoms with Gasteiger partial charge in [0.15, 0.2) is 11.3 Å². The smallest absolute Gasteiger partial charge is 0.276 e. The lowest BCUT2D eigenvalue weighted by Gasteiger charge is -2.37. The van der Waals surface area contributed by atoms with E-state index in [1.54, 1.807) is 54.7 Å². The molecule has 136 valence electrons. The Morgan fingerprint density at radius 2 is 2.12 bits per heavy atom. The zero-order valence-electron chi connectivity index (χ0n) is 14.9. The number of nitrogens with one attached hydrogen (secondary N) is 1. The fourth-order valence-corrected chi connectivity index (χ4v) is 3.16. The summed E-state index contributed by atoms with van der Waals surface area (Å²) in [4.78, 5) is 26.3. The summed E-state index contributed by atoms with van der Waals surface area (Å²) in [6.45, 7) is 4.81. The van der Waals surface area contributed by atoms with Crippen molar-refractivity contribution in [1.82, 2.24) is 9.78 Å². The molecule has 8 nitrogen and oxygen atoms in total. The fourth-order valence-electron chi connectivity index (χ4n) is 3.16. The van der Waals surface area contributed by atoms with Gasteiger partial charge in [-0.05, 0) is 26.0 Å². The SMILES string of the molecule is CN1C(=O)C(C)(C)Oc2cc(NC(=O)c3cc4n(n3)CCCO4)ccc21. The van der Waals surface area contributed by atoms with Gasteiger partial charge in [0.1, 0.15) is 5.75 Å². The van der Waals surface area contributed by atoms with E-state index < -0.39 is 5.60 Å². The van der Waals surface area contributed by atoms with Crippen LogP contribution in [-0.2, 0) is 11.3 Å². The number of nitrogens with zero attached hydrogens (tertiary/aromatic N) is 3. The van der Waals surface area contributed by atoms with Crippen molar-refractivity contribution in [1.29, 1.82) is 0 Å². The molecule has 4 rings (SSSR count). The summed E-state index contributed by atoms with van der Waals surface area (Å²) in [5.41, 5.74) is 0.579. The van der Waals surface area contributed by atoms with Gasteiger partial charge in [0.25, 0.3) is 11.8 Å². The molecule has 2 aliphatic heterocycles. The first-order valence-electron chi connectivity index (χ1n) is 8.48. The highest BCUT2D eigenvalue weighted by Gasteiger charge is 2.39. The maximum absolute atomic E-state index is 12.5. The van der Waals surface area contributed by atoms with E-state index in [4.69, 9.17) is 9.47 Å². The van der Waals surface area contributed by atoms with Gasteiger partial charge in [0, 0.05) is 37.8 Å². The van der Waals surface area contributed by atoms with Crippen molar-refractivity contribution in [2.45, 2.75) is 32.4 Å². The predicted octanol–water partition coefficient (Wildman–Crippen LogP) is 2.05. The fraction of sp³-hybridized carbons (Fsp3) is 0.389. The molecule has 3 heterocycles. The lowest BCUT2D eigenvalue weighted by atomic mass is 10.0. The molecular weight excluding hydrogens is 336 g/mol. The van der Waals surface area contributed by atoms with Crippen LogP contribution < -0.4 is 19.7 Å². The molecule has 0 saturated heterocycles. The number of fused-ring (bicyclic) bond motifs is 2. The molecule has 0 saturated carbocycles. The summed E-state index contributed by atoms with van der Waals surface area (Å²) < 4.78 is 13.0. The number of benzene rings is 1. The van der Waals surface area contributed by atoms with Gasteiger partial charge in [-0.1, -0.05) is 0 Å². The Morgan fingerprint density at radius 3 is 2.88 bits per heavy atom. The molecule has 0 spiro atoms. The summed E-state index contributed by atoms with van der Waals surface area (Å²) >= 11 is 0. The number of likely N-dealkylation sites (N-methyl/N-ethyl adjacent to an activating group) is 1. The maximum Gasteiger partial charge on any atom is 0.276 e. The molecule has 2 aliphatic rings. The number of ether oxygens (including phenoxy) is 2. The Hall–Kier alpha value is -3.03. The molecule has 2 aromatic rings. The summed E-state index contributed by atoms with van der Waals surface area (Å²) in [5.74, 6) is 0.708. The second kappa shape index (κ2) is 5.76. The van der Waals surface area contributed by atoms with E-state index >= 15 is 0 Å². The summed E-state index contributed by atoms with van der Waals surface area (Å²) in [6, 6.07) is 6.83. The van der Waals surface area contributed by atoms with Gasteiger partial charge in [-0.3, -0.25) is 9.59 Å². The molecule has 0 fully saturated rings. The minimum absolute atomic E-state index is 0.120. The van der Waals surface area contributed by atoms with Gasteiger partial charge in [0.05, 0.1) is 12.3 Å². The van der Waals surface area contributed by atoms with Crippen LogP contribution in [0.4, 0.5) is 11.4 Å². The Labute approximate surface area is 150 Å². The highest BCUT2D eigenvalue weighted by Crippen LogP contribution is 2.38. The maximum atomic E-state index is 12.5. The first-order valence-corrected chi connectivity index (χ1v) is 8.48. The van der Waals surface area contributed by atoms with Crippen LogP contribution in [0, 0.1) is 0 Å². The van der Waals surface area contributed by atoms with E-state index in [-0.39, 0.29) is 11.8 Å². The number of hydrogen-bond donors (Lipinski definition) is 1. The van der Waals surface area contributed by atoms with Gasteiger partial charge >= 0.3 is 0 Å². The van der Waals surface area contributed by atoms with Crippen LogP contribution in [0.15, 0.2) is 24.3 Å². The number of anilines is 2. The van der Waals surface area contributed by atoms with Crippen LogP contribution >= 0.6 is 0 Å². The zero-order valence-corrected chi connectivity index (χ0v) is 14.9. The van der Waals surface area contributed by atoms with E-state index in [0.29, 0.717) is 35.3 Å². The molecule has 0 bridgehead atoms. The Bertz CT molecular complexity index is 879. The highest BCUT2D eigenvalue weighted by atomic mass is 16.5. The van der Waals surface area contributed by atoms with E-state index in [0.717, 1.165) is 13.0 Å². The van der Waals surface area contributed by atoms with E-state index in [1.807, 2.05) is 0 Å². The minimum Gasteiger partial charge on any atom is -0.478 e. The lowest BCUT2D eigenvalue weighted by molar-refractivity contribution is -0.132. The first-order chi connectivity index (χ1) is 12.3. The third-order valence-corrected chi connectivity index (χ3v) is 4.50. The lowest BCUT2D eigenvalue weighted by Crippen LogP contribution is -2.50. The van der Waals surface area contributed by atoms with Gasteiger partial charge in [-0.15, -0.1) is 0 Å². The van der Waals surface area contributed by atoms with Crippen LogP contribution in [0.25, 0.3) is 0 Å². The Morgan fingerprint density at radius 1 is 1.31 bits per heavy atom. The summed E-state index contributed by atoms with van der Waals surface area (Å²) in [6.07, 6.45) is 0.875. The first kappa shape index (κ1) is 16.4. The van der Waals surface area contributed by atoms with Crippen molar-refractivity contribution < 1.29 is 19.1 Å². The number of aryl methyl sites for hydroxylation is 1. The molecule has 0 radical (unpaired) electrons. The standard InChI is InChI=1S/C18H20N4O4/c1-18(2)17(24)21(3)13-6-5-11(9-14(13)26-18)19-16(23)12-10-15-22(20-12)7-4-8-25-15/h5-6,9-10H,4,7-8H2,1-3H3,(H,19,23). The number of aromatic nitrogens is 2. The average molecular weight is 356 g/mol. The number of rotatable bonds is 2. The van der Waals surface area contributed by atoms with Gasteiger partial charge in [-0.2, -0.15) is 5.10 Å². The second-order valence-corrected chi connectivity index (χ2v) is 6.91. The third kappa shape index (κ3) is 2.67. The monoisotopic (exact) mass is 356 g/mol. The van der Waals surface area contributed by atoms with Crippen molar-refractivity contribution in [3.05, 3.63) is 30.0 Å². The minimum atomic E-state index is -0.954. The quantitative estimate of drug-likeness (QED) is 0.890. The largest absolute Gasteiger partial charge is 0.478 e. The normalized spacial score (nSPS) is 17.7. The average Bonchev–Trinajstić information content (AvgIpc) is 3.04. The Balaban J connectivity index is 1.57. The van der Waals surface area contributed by atoms with Crippen LogP contribution in [-0.4, -0.2) is 40.9 Å². The van der Waals surface area contributed by atoms with Crippen molar-refractivity contribution in [2.75, 3.05) is 23.9 Å². The highest BCUT2D eigenvalue weighted by molar-refractivity contribution is 6.05. The molecule has 0 atom stereocenters.